The zero-order valence-electron chi connectivity index (χ0n) is 14.2. The summed E-state index contributed by atoms with van der Waals surface area (Å²) >= 11 is 0. The molecule has 1 aliphatic heterocycles. The van der Waals surface area contributed by atoms with E-state index >= 15 is 0 Å². The highest BCUT2D eigenvalue weighted by Crippen LogP contribution is 2.24. The van der Waals surface area contributed by atoms with Crippen LogP contribution < -0.4 is 4.72 Å². The highest BCUT2D eigenvalue weighted by atomic mass is 32.2. The average Bonchev–Trinajstić information content (AvgIpc) is 2.49. The number of amides is 1. The summed E-state index contributed by atoms with van der Waals surface area (Å²) in [6.07, 6.45) is 5.03. The maximum Gasteiger partial charge on any atom is 0.303 e. The van der Waals surface area contributed by atoms with Crippen molar-refractivity contribution in [2.75, 3.05) is 18.8 Å². The quantitative estimate of drug-likeness (QED) is 0.741. The van der Waals surface area contributed by atoms with Gasteiger partial charge in [0, 0.05) is 25.6 Å². The number of carbonyl (C=O) groups is 2. The molecule has 2 fully saturated rings. The summed E-state index contributed by atoms with van der Waals surface area (Å²) in [5.41, 5.74) is 0. The summed E-state index contributed by atoms with van der Waals surface area (Å²) in [4.78, 5) is 24.5. The number of aliphatic carboxylic acids is 1. The van der Waals surface area contributed by atoms with Gasteiger partial charge in [0.15, 0.2) is 0 Å². The lowest BCUT2D eigenvalue weighted by Gasteiger charge is -2.32. The first kappa shape index (κ1) is 19.2. The molecule has 138 valence electrons. The Hall–Kier alpha value is -1.15. The van der Waals surface area contributed by atoms with Gasteiger partial charge >= 0.3 is 5.97 Å². The van der Waals surface area contributed by atoms with Crippen molar-refractivity contribution >= 4 is 21.9 Å². The Morgan fingerprint density at radius 3 is 2.21 bits per heavy atom. The first-order chi connectivity index (χ1) is 11.2. The molecule has 2 aliphatic rings. The molecule has 1 heterocycles. The summed E-state index contributed by atoms with van der Waals surface area (Å²) in [6.45, 7) is 3.04. The van der Waals surface area contributed by atoms with Crippen molar-refractivity contribution in [3.05, 3.63) is 0 Å². The fourth-order valence-electron chi connectivity index (χ4n) is 3.56. The van der Waals surface area contributed by atoms with Gasteiger partial charge in [0.2, 0.25) is 15.9 Å². The maximum absolute atomic E-state index is 12.2. The maximum atomic E-state index is 12.2. The Morgan fingerprint density at radius 1 is 1.08 bits per heavy atom. The number of hydrogen-bond acceptors (Lipinski definition) is 4. The van der Waals surface area contributed by atoms with Crippen LogP contribution in [0.2, 0.25) is 0 Å². The molecule has 2 rings (SSSR count). The van der Waals surface area contributed by atoms with Gasteiger partial charge in [0.05, 0.1) is 0 Å². The second-order valence-electron chi connectivity index (χ2n) is 7.26. The van der Waals surface area contributed by atoms with Crippen LogP contribution in [0.25, 0.3) is 0 Å². The minimum Gasteiger partial charge on any atom is -0.481 e. The van der Waals surface area contributed by atoms with Crippen LogP contribution in [0.3, 0.4) is 0 Å². The smallest absolute Gasteiger partial charge is 0.303 e. The van der Waals surface area contributed by atoms with Gasteiger partial charge in [-0.15, -0.1) is 0 Å². The lowest BCUT2D eigenvalue weighted by molar-refractivity contribution is -0.138. The van der Waals surface area contributed by atoms with Crippen LogP contribution in [0.5, 0.6) is 0 Å². The molecule has 1 saturated heterocycles. The van der Waals surface area contributed by atoms with Crippen LogP contribution in [0, 0.1) is 11.8 Å². The molecular weight excluding hydrogens is 332 g/mol. The van der Waals surface area contributed by atoms with Crippen LogP contribution in [-0.4, -0.2) is 55.2 Å². The zero-order valence-corrected chi connectivity index (χ0v) is 15.1. The van der Waals surface area contributed by atoms with Crippen molar-refractivity contribution in [1.82, 2.24) is 9.62 Å². The van der Waals surface area contributed by atoms with Crippen molar-refractivity contribution in [2.24, 2.45) is 11.8 Å². The van der Waals surface area contributed by atoms with E-state index in [4.69, 9.17) is 5.11 Å². The second kappa shape index (κ2) is 8.29. The summed E-state index contributed by atoms with van der Waals surface area (Å²) < 4.78 is 27.1. The Balaban J connectivity index is 1.78. The highest BCUT2D eigenvalue weighted by Gasteiger charge is 2.29. The number of hydrogen-bond donors (Lipinski definition) is 2. The van der Waals surface area contributed by atoms with Crippen LogP contribution in [-0.2, 0) is 19.6 Å². The molecule has 2 N–H and O–H groups in total. The van der Waals surface area contributed by atoms with Gasteiger partial charge in [-0.05, 0) is 50.4 Å². The summed E-state index contributed by atoms with van der Waals surface area (Å²) in [7, 11) is -3.62. The topological polar surface area (TPSA) is 104 Å². The molecule has 7 nitrogen and oxygen atoms in total. The molecule has 0 bridgehead atoms. The number of sulfonamides is 1. The molecule has 0 radical (unpaired) electrons. The third-order valence-corrected chi connectivity index (χ3v) is 6.43. The van der Waals surface area contributed by atoms with Gasteiger partial charge in [-0.25, -0.2) is 13.1 Å². The van der Waals surface area contributed by atoms with Gasteiger partial charge < -0.3 is 10.0 Å². The van der Waals surface area contributed by atoms with Crippen molar-refractivity contribution in [2.45, 2.75) is 57.9 Å². The molecule has 0 aromatic heterocycles. The Kier molecular flexibility index (Phi) is 6.62. The number of rotatable bonds is 6. The number of nitrogens with zero attached hydrogens (tertiary/aromatic N) is 1. The molecular formula is C16H28N2O5S. The molecule has 24 heavy (non-hydrogen) atoms. The number of carboxylic acid groups (broad SMARTS) is 1. The van der Waals surface area contributed by atoms with Gasteiger partial charge in [-0.2, -0.15) is 0 Å². The molecule has 1 saturated carbocycles. The van der Waals surface area contributed by atoms with Crippen LogP contribution in [0.15, 0.2) is 0 Å². The highest BCUT2D eigenvalue weighted by molar-refractivity contribution is 7.90. The van der Waals surface area contributed by atoms with Crippen molar-refractivity contribution in [3.8, 4) is 0 Å². The third kappa shape index (κ3) is 6.05. The fourth-order valence-corrected chi connectivity index (χ4v) is 4.90. The van der Waals surface area contributed by atoms with Gasteiger partial charge in [0.1, 0.15) is 5.75 Å². The molecule has 0 spiro atoms. The SMILES string of the molecule is CC1CCC(NS(=O)(=O)CC(=O)N2CCC(CC(=O)O)CC2)CC1. The Bertz CT molecular complexity index is 547. The number of carboxylic acids is 1. The van der Waals surface area contributed by atoms with E-state index < -0.39 is 21.7 Å². The van der Waals surface area contributed by atoms with Gasteiger partial charge in [-0.3, -0.25) is 9.59 Å². The van der Waals surface area contributed by atoms with E-state index in [1.807, 2.05) is 0 Å². The minimum absolute atomic E-state index is 0.0553. The van der Waals surface area contributed by atoms with E-state index in [0.29, 0.717) is 31.8 Å². The second-order valence-corrected chi connectivity index (χ2v) is 9.01. The van der Waals surface area contributed by atoms with E-state index in [1.54, 1.807) is 4.90 Å². The number of nitrogens with one attached hydrogen (secondary N) is 1. The molecule has 1 aliphatic carbocycles. The van der Waals surface area contributed by atoms with Crippen molar-refractivity contribution in [1.29, 1.82) is 0 Å². The molecule has 0 aromatic carbocycles. The summed E-state index contributed by atoms with van der Waals surface area (Å²) in [6, 6.07) is -0.0553. The molecule has 1 amide bonds. The first-order valence-electron chi connectivity index (χ1n) is 8.74. The van der Waals surface area contributed by atoms with E-state index in [9.17, 15) is 18.0 Å². The minimum atomic E-state index is -3.62. The lowest BCUT2D eigenvalue weighted by atomic mass is 9.88. The molecule has 0 aromatic rings. The third-order valence-electron chi connectivity index (χ3n) is 5.11. The fraction of sp³-hybridized carbons (Fsp3) is 0.875. The Morgan fingerprint density at radius 2 is 1.67 bits per heavy atom. The summed E-state index contributed by atoms with van der Waals surface area (Å²) in [5.74, 6) is -1.01. The number of likely N-dealkylation sites (tertiary alicyclic amines) is 1. The number of piperidine rings is 1. The van der Waals surface area contributed by atoms with Gasteiger partial charge in [0.25, 0.3) is 0 Å². The van der Waals surface area contributed by atoms with E-state index in [2.05, 4.69) is 11.6 Å². The summed E-state index contributed by atoms with van der Waals surface area (Å²) in [5, 5.41) is 8.80. The monoisotopic (exact) mass is 360 g/mol. The first-order valence-corrected chi connectivity index (χ1v) is 10.4. The van der Waals surface area contributed by atoms with E-state index in [0.717, 1.165) is 25.7 Å². The predicted octanol–water partition coefficient (Wildman–Crippen LogP) is 1.20. The van der Waals surface area contributed by atoms with Crippen molar-refractivity contribution < 1.29 is 23.1 Å². The molecule has 0 unspecified atom stereocenters. The zero-order chi connectivity index (χ0) is 17.7. The Labute approximate surface area is 143 Å². The van der Waals surface area contributed by atoms with E-state index in [-0.39, 0.29) is 24.3 Å². The molecule has 8 heteroatoms. The van der Waals surface area contributed by atoms with Crippen LogP contribution in [0.4, 0.5) is 0 Å². The normalized spacial score (nSPS) is 26.3. The standard InChI is InChI=1S/C16H28N2O5S/c1-12-2-4-14(5-3-12)17-24(22,23)11-15(19)18-8-6-13(7-9-18)10-16(20)21/h12-14,17H,2-11H2,1H3,(H,20,21). The average molecular weight is 360 g/mol. The number of carbonyl (C=O) groups excluding carboxylic acids is 1. The van der Waals surface area contributed by atoms with Crippen LogP contribution >= 0.6 is 0 Å². The predicted molar refractivity (Wildman–Crippen MR) is 89.9 cm³/mol. The van der Waals surface area contributed by atoms with Gasteiger partial charge in [-0.1, -0.05) is 6.92 Å². The molecule has 0 atom stereocenters. The van der Waals surface area contributed by atoms with Crippen molar-refractivity contribution in [3.63, 3.8) is 0 Å². The lowest BCUT2D eigenvalue weighted by Crippen LogP contribution is -2.46. The van der Waals surface area contributed by atoms with Crippen LogP contribution in [0.1, 0.15) is 51.9 Å². The largest absolute Gasteiger partial charge is 0.481 e. The van der Waals surface area contributed by atoms with E-state index in [1.165, 1.54) is 0 Å².